The summed E-state index contributed by atoms with van der Waals surface area (Å²) in [5.74, 6) is 0.226. The molecule has 0 aliphatic carbocycles. The lowest BCUT2D eigenvalue weighted by Gasteiger charge is -2.20. The molecule has 1 amide bonds. The maximum absolute atomic E-state index is 11.1. The number of nitrogens with one attached hydrogen (secondary N) is 1. The highest BCUT2D eigenvalue weighted by Crippen LogP contribution is 2.17. The van der Waals surface area contributed by atoms with E-state index in [-0.39, 0.29) is 5.91 Å². The molecular weight excluding hydrogens is 240 g/mol. The van der Waals surface area contributed by atoms with Gasteiger partial charge in [-0.3, -0.25) is 4.79 Å². The van der Waals surface area contributed by atoms with E-state index in [1.54, 1.807) is 6.07 Å². The van der Waals surface area contributed by atoms with Crippen molar-refractivity contribution in [1.82, 2.24) is 5.32 Å². The average Bonchev–Trinajstić information content (AvgIpc) is 2.90. The summed E-state index contributed by atoms with van der Waals surface area (Å²) in [6, 6.07) is 6.05. The Bertz CT molecular complexity index is 453. The minimum Gasteiger partial charge on any atom is -0.381 e. The molecule has 104 valence electrons. The van der Waals surface area contributed by atoms with Crippen LogP contribution in [0, 0.1) is 12.8 Å². The Morgan fingerprint density at radius 3 is 2.95 bits per heavy atom. The summed E-state index contributed by atoms with van der Waals surface area (Å²) in [5.41, 5.74) is 8.14. The highest BCUT2D eigenvalue weighted by molar-refractivity contribution is 5.93. The third kappa shape index (κ3) is 3.55. The number of rotatable bonds is 5. The number of primary amides is 1. The molecule has 0 aromatic heterocycles. The molecule has 1 heterocycles. The van der Waals surface area contributed by atoms with E-state index in [0.29, 0.717) is 17.5 Å². The topological polar surface area (TPSA) is 64.4 Å². The minimum absolute atomic E-state index is 0.376. The summed E-state index contributed by atoms with van der Waals surface area (Å²) in [5, 5.41) is 3.53. The van der Waals surface area contributed by atoms with Gasteiger partial charge in [0.1, 0.15) is 0 Å². The maximum Gasteiger partial charge on any atom is 0.248 e. The summed E-state index contributed by atoms with van der Waals surface area (Å²) in [4.78, 5) is 11.1. The first-order valence-electron chi connectivity index (χ1n) is 6.78. The first kappa shape index (κ1) is 14.0. The van der Waals surface area contributed by atoms with Crippen LogP contribution in [-0.2, 0) is 11.3 Å². The van der Waals surface area contributed by atoms with Gasteiger partial charge in [0.2, 0.25) is 5.91 Å². The van der Waals surface area contributed by atoms with Crippen LogP contribution in [0.25, 0.3) is 0 Å². The van der Waals surface area contributed by atoms with Crippen LogP contribution in [0.4, 0.5) is 0 Å². The fourth-order valence-corrected chi connectivity index (χ4v) is 2.43. The largest absolute Gasteiger partial charge is 0.381 e. The van der Waals surface area contributed by atoms with E-state index in [2.05, 4.69) is 12.2 Å². The molecule has 0 spiro atoms. The van der Waals surface area contributed by atoms with E-state index < -0.39 is 0 Å². The third-order valence-electron chi connectivity index (χ3n) is 3.91. The van der Waals surface area contributed by atoms with E-state index in [1.165, 1.54) is 5.56 Å². The Kier molecular flexibility index (Phi) is 4.56. The van der Waals surface area contributed by atoms with Gasteiger partial charge in [0.25, 0.3) is 0 Å². The average molecular weight is 262 g/mol. The van der Waals surface area contributed by atoms with Crippen molar-refractivity contribution in [2.45, 2.75) is 32.9 Å². The Hall–Kier alpha value is -1.39. The number of carbonyl (C=O) groups excluding carboxylic acids is 1. The van der Waals surface area contributed by atoms with Crippen molar-refractivity contribution in [3.8, 4) is 0 Å². The lowest BCUT2D eigenvalue weighted by molar-refractivity contribution is 0.1000. The van der Waals surface area contributed by atoms with Crippen LogP contribution >= 0.6 is 0 Å². The van der Waals surface area contributed by atoms with Crippen molar-refractivity contribution in [1.29, 1.82) is 0 Å². The molecule has 0 radical (unpaired) electrons. The van der Waals surface area contributed by atoms with E-state index in [9.17, 15) is 4.79 Å². The van der Waals surface area contributed by atoms with Crippen LogP contribution in [0.2, 0.25) is 0 Å². The van der Waals surface area contributed by atoms with E-state index in [4.69, 9.17) is 10.5 Å². The van der Waals surface area contributed by atoms with Gasteiger partial charge in [-0.1, -0.05) is 6.07 Å². The van der Waals surface area contributed by atoms with Crippen LogP contribution in [0.5, 0.6) is 0 Å². The van der Waals surface area contributed by atoms with Crippen molar-refractivity contribution in [2.75, 3.05) is 13.2 Å². The number of carbonyl (C=O) groups is 1. The molecule has 1 saturated heterocycles. The SMILES string of the molecule is Cc1cc(C(N)=O)ccc1CNC(C)C1CCOC1. The number of ether oxygens (including phenoxy) is 1. The normalized spacial score (nSPS) is 20.4. The van der Waals surface area contributed by atoms with Crippen molar-refractivity contribution < 1.29 is 9.53 Å². The first-order chi connectivity index (χ1) is 9.08. The van der Waals surface area contributed by atoms with Crippen molar-refractivity contribution in [2.24, 2.45) is 11.7 Å². The number of benzene rings is 1. The van der Waals surface area contributed by atoms with E-state index in [1.807, 2.05) is 19.1 Å². The quantitative estimate of drug-likeness (QED) is 0.847. The molecule has 2 rings (SSSR count). The number of nitrogens with two attached hydrogens (primary N) is 1. The van der Waals surface area contributed by atoms with Crippen LogP contribution in [-0.4, -0.2) is 25.2 Å². The zero-order valence-corrected chi connectivity index (χ0v) is 11.6. The molecule has 0 bridgehead atoms. The van der Waals surface area contributed by atoms with Gasteiger partial charge in [0, 0.05) is 24.8 Å². The summed E-state index contributed by atoms with van der Waals surface area (Å²) in [6.45, 7) is 6.75. The smallest absolute Gasteiger partial charge is 0.248 e. The van der Waals surface area contributed by atoms with Crippen LogP contribution < -0.4 is 11.1 Å². The fraction of sp³-hybridized carbons (Fsp3) is 0.533. The van der Waals surface area contributed by atoms with Gasteiger partial charge in [-0.2, -0.15) is 0 Å². The molecule has 1 aromatic carbocycles. The summed E-state index contributed by atoms with van der Waals surface area (Å²) >= 11 is 0. The molecule has 4 nitrogen and oxygen atoms in total. The molecule has 1 aliphatic rings. The van der Waals surface area contributed by atoms with Crippen molar-refractivity contribution >= 4 is 5.91 Å². The molecule has 2 atom stereocenters. The number of amides is 1. The lowest BCUT2D eigenvalue weighted by Crippen LogP contribution is -2.33. The lowest BCUT2D eigenvalue weighted by atomic mass is 9.99. The zero-order valence-electron chi connectivity index (χ0n) is 11.6. The summed E-state index contributed by atoms with van der Waals surface area (Å²) in [6.07, 6.45) is 1.13. The number of hydrogen-bond acceptors (Lipinski definition) is 3. The molecule has 1 aromatic rings. The molecule has 2 unspecified atom stereocenters. The van der Waals surface area contributed by atoms with E-state index >= 15 is 0 Å². The second-order valence-corrected chi connectivity index (χ2v) is 5.30. The first-order valence-corrected chi connectivity index (χ1v) is 6.78. The minimum atomic E-state index is -0.376. The molecule has 1 fully saturated rings. The molecule has 0 saturated carbocycles. The van der Waals surface area contributed by atoms with Gasteiger partial charge in [-0.25, -0.2) is 0 Å². The summed E-state index contributed by atoms with van der Waals surface area (Å²) < 4.78 is 5.40. The van der Waals surface area contributed by atoms with Gasteiger partial charge < -0.3 is 15.8 Å². The number of hydrogen-bond donors (Lipinski definition) is 2. The molecule has 4 heteroatoms. The Labute approximate surface area is 114 Å². The Balaban J connectivity index is 1.93. The molecule has 19 heavy (non-hydrogen) atoms. The van der Waals surface area contributed by atoms with Gasteiger partial charge in [-0.15, -0.1) is 0 Å². The molecule has 3 N–H and O–H groups in total. The van der Waals surface area contributed by atoms with Gasteiger partial charge in [0.15, 0.2) is 0 Å². The fourth-order valence-electron chi connectivity index (χ4n) is 2.43. The standard InChI is InChI=1S/C15H22N2O2/c1-10-7-12(15(16)18)3-4-13(10)8-17-11(2)14-5-6-19-9-14/h3-4,7,11,14,17H,5-6,8-9H2,1-2H3,(H2,16,18). The van der Waals surface area contributed by atoms with Crippen LogP contribution in [0.1, 0.15) is 34.8 Å². The van der Waals surface area contributed by atoms with Crippen LogP contribution in [0.15, 0.2) is 18.2 Å². The second kappa shape index (κ2) is 6.17. The van der Waals surface area contributed by atoms with Gasteiger partial charge >= 0.3 is 0 Å². The van der Waals surface area contributed by atoms with Crippen LogP contribution in [0.3, 0.4) is 0 Å². The highest BCUT2D eigenvalue weighted by atomic mass is 16.5. The predicted molar refractivity (Wildman–Crippen MR) is 74.9 cm³/mol. The van der Waals surface area contributed by atoms with Gasteiger partial charge in [-0.05, 0) is 49.4 Å². The maximum atomic E-state index is 11.1. The Morgan fingerprint density at radius 1 is 1.58 bits per heavy atom. The monoisotopic (exact) mass is 262 g/mol. The van der Waals surface area contributed by atoms with Crippen molar-refractivity contribution in [3.63, 3.8) is 0 Å². The van der Waals surface area contributed by atoms with Crippen molar-refractivity contribution in [3.05, 3.63) is 34.9 Å². The highest BCUT2D eigenvalue weighted by Gasteiger charge is 2.21. The predicted octanol–water partition coefficient (Wildman–Crippen LogP) is 1.61. The van der Waals surface area contributed by atoms with E-state index in [0.717, 1.165) is 31.7 Å². The number of aryl methyl sites for hydroxylation is 1. The Morgan fingerprint density at radius 2 is 2.37 bits per heavy atom. The second-order valence-electron chi connectivity index (χ2n) is 5.30. The molecular formula is C15H22N2O2. The van der Waals surface area contributed by atoms with Gasteiger partial charge in [0.05, 0.1) is 6.61 Å². The molecule has 1 aliphatic heterocycles. The summed E-state index contributed by atoms with van der Waals surface area (Å²) in [7, 11) is 0. The zero-order chi connectivity index (χ0) is 13.8. The third-order valence-corrected chi connectivity index (χ3v) is 3.91.